The van der Waals surface area contributed by atoms with Crippen LogP contribution in [0.25, 0.3) is 0 Å². The molecular formula is C10H15O2Rh. The molecule has 0 spiro atoms. The second kappa shape index (κ2) is 11.6. The van der Waals surface area contributed by atoms with Crippen molar-refractivity contribution in [2.24, 2.45) is 0 Å². The molecule has 0 unspecified atom stereocenters. The first kappa shape index (κ1) is 15.1. The molecule has 0 radical (unpaired) electrons. The van der Waals surface area contributed by atoms with Crippen LogP contribution >= 0.6 is 0 Å². The van der Waals surface area contributed by atoms with E-state index in [4.69, 9.17) is 9.90 Å². The molecule has 1 rings (SSSR count). The van der Waals surface area contributed by atoms with Crippen molar-refractivity contribution in [3.05, 3.63) is 24.3 Å². The van der Waals surface area contributed by atoms with Crippen LogP contribution in [-0.2, 0) is 24.3 Å². The van der Waals surface area contributed by atoms with Gasteiger partial charge < -0.3 is 9.90 Å². The van der Waals surface area contributed by atoms with Gasteiger partial charge in [-0.05, 0) is 32.6 Å². The summed E-state index contributed by atoms with van der Waals surface area (Å²) in [7, 11) is 0. The van der Waals surface area contributed by atoms with Gasteiger partial charge in [-0.2, -0.15) is 0 Å². The zero-order valence-electron chi connectivity index (χ0n) is 7.79. The summed E-state index contributed by atoms with van der Waals surface area (Å²) in [4.78, 5) is 8.89. The van der Waals surface area contributed by atoms with E-state index in [1.165, 1.54) is 25.7 Å². The summed E-state index contributed by atoms with van der Waals surface area (Å²) in [6.07, 6.45) is 14.0. The molecule has 0 aromatic heterocycles. The first-order chi connectivity index (χ1) is 5.73. The summed E-state index contributed by atoms with van der Waals surface area (Å²) in [5.74, 6) is -1.08. The second-order valence-electron chi connectivity index (χ2n) is 2.63. The van der Waals surface area contributed by atoms with Crippen LogP contribution in [0.4, 0.5) is 0 Å². The van der Waals surface area contributed by atoms with Crippen molar-refractivity contribution in [1.82, 2.24) is 0 Å². The minimum atomic E-state index is -1.08. The van der Waals surface area contributed by atoms with Crippen molar-refractivity contribution >= 4 is 5.97 Å². The normalized spacial score (nSPS) is 19.2. The molecule has 0 amide bonds. The zero-order valence-corrected chi connectivity index (χ0v) is 9.43. The molecule has 76 valence electrons. The molecule has 0 fully saturated rings. The maximum absolute atomic E-state index is 8.89. The van der Waals surface area contributed by atoms with E-state index in [2.05, 4.69) is 24.3 Å². The van der Waals surface area contributed by atoms with Crippen LogP contribution in [0.1, 0.15) is 32.6 Å². The Kier molecular flexibility index (Phi) is 13.4. The summed E-state index contributed by atoms with van der Waals surface area (Å²) in [5, 5.41) is 8.89. The number of carboxylic acid groups (broad SMARTS) is 1. The third-order valence-corrected chi connectivity index (χ3v) is 1.37. The van der Waals surface area contributed by atoms with Crippen molar-refractivity contribution in [3.8, 4) is 0 Å². The molecule has 0 heterocycles. The van der Waals surface area contributed by atoms with E-state index in [0.717, 1.165) is 6.92 Å². The molecule has 0 aliphatic heterocycles. The summed E-state index contributed by atoms with van der Waals surface area (Å²) in [6, 6.07) is 0. The average molecular weight is 270 g/mol. The summed E-state index contributed by atoms with van der Waals surface area (Å²) in [5.41, 5.74) is 0. The number of hydrogen-bond donors (Lipinski definition) is 0. The van der Waals surface area contributed by atoms with Crippen molar-refractivity contribution < 1.29 is 29.4 Å². The molecule has 0 aromatic rings. The average Bonchev–Trinajstić information content (AvgIpc) is 1.82. The first-order valence-corrected chi connectivity index (χ1v) is 4.22. The Labute approximate surface area is 92.5 Å². The Hall–Kier alpha value is -0.427. The van der Waals surface area contributed by atoms with E-state index in [0.29, 0.717) is 0 Å². The van der Waals surface area contributed by atoms with Gasteiger partial charge in [0.25, 0.3) is 0 Å². The van der Waals surface area contributed by atoms with Gasteiger partial charge in [-0.3, -0.25) is 0 Å². The van der Waals surface area contributed by atoms with Gasteiger partial charge in [0.1, 0.15) is 0 Å². The van der Waals surface area contributed by atoms with Crippen molar-refractivity contribution in [2.45, 2.75) is 32.6 Å². The van der Waals surface area contributed by atoms with Crippen molar-refractivity contribution in [3.63, 3.8) is 0 Å². The van der Waals surface area contributed by atoms with Gasteiger partial charge in [-0.15, -0.1) is 0 Å². The van der Waals surface area contributed by atoms with E-state index in [1.54, 1.807) is 0 Å². The maximum Gasteiger partial charge on any atom is 1.00 e. The van der Waals surface area contributed by atoms with Crippen LogP contribution in [0.15, 0.2) is 24.3 Å². The summed E-state index contributed by atoms with van der Waals surface area (Å²) < 4.78 is 0. The fourth-order valence-electron chi connectivity index (χ4n) is 0.874. The summed E-state index contributed by atoms with van der Waals surface area (Å²) >= 11 is 0. The molecule has 0 saturated heterocycles. The number of hydrogen-bond acceptors (Lipinski definition) is 2. The van der Waals surface area contributed by atoms with E-state index in [-0.39, 0.29) is 19.5 Å². The van der Waals surface area contributed by atoms with Crippen LogP contribution in [0.3, 0.4) is 0 Å². The standard InChI is InChI=1S/C8H12.C2H4O2.Rh/c1-2-4-6-8-7-5-3-1;1-2(3)4;/h1-4H,5-8H2;1H3,(H,3,4);/q;;+1/p-1/b3-1-,4-2-;;. The SMILES string of the molecule is C1=C\CCCC\C=C/1.CC(=O)[O-].[Rh+]. The molecule has 0 N–H and O–H groups in total. The van der Waals surface area contributed by atoms with E-state index >= 15 is 0 Å². The summed E-state index contributed by atoms with van der Waals surface area (Å²) in [6.45, 7) is 0.972. The predicted octanol–water partition coefficient (Wildman–Crippen LogP) is 1.43. The van der Waals surface area contributed by atoms with Crippen LogP contribution in [0.5, 0.6) is 0 Å². The number of carboxylic acids is 1. The Morgan fingerprint density at radius 3 is 1.77 bits per heavy atom. The maximum atomic E-state index is 8.89. The molecule has 0 aromatic carbocycles. The Bertz CT molecular complexity index is 156. The third kappa shape index (κ3) is 18.5. The fraction of sp³-hybridized carbons (Fsp3) is 0.500. The first-order valence-electron chi connectivity index (χ1n) is 4.22. The molecule has 1 aliphatic carbocycles. The molecule has 3 heteroatoms. The second-order valence-corrected chi connectivity index (χ2v) is 2.63. The Morgan fingerprint density at radius 1 is 1.15 bits per heavy atom. The van der Waals surface area contributed by atoms with Gasteiger partial charge in [-0.1, -0.05) is 24.3 Å². The number of aliphatic carboxylic acids is 1. The smallest absolute Gasteiger partial charge is 0.550 e. The largest absolute Gasteiger partial charge is 1.00 e. The van der Waals surface area contributed by atoms with E-state index < -0.39 is 5.97 Å². The molecule has 1 aliphatic rings. The zero-order chi connectivity index (χ0) is 9.23. The molecule has 0 atom stereocenters. The number of rotatable bonds is 0. The number of carbonyl (C=O) groups is 1. The van der Waals surface area contributed by atoms with Gasteiger partial charge in [0.15, 0.2) is 0 Å². The molecule has 0 saturated carbocycles. The molecular weight excluding hydrogens is 255 g/mol. The van der Waals surface area contributed by atoms with Crippen LogP contribution in [0, 0.1) is 0 Å². The van der Waals surface area contributed by atoms with E-state index in [9.17, 15) is 0 Å². The van der Waals surface area contributed by atoms with Gasteiger partial charge in [0.05, 0.1) is 0 Å². The predicted molar refractivity (Wildman–Crippen MR) is 47.4 cm³/mol. The monoisotopic (exact) mass is 270 g/mol. The fourth-order valence-corrected chi connectivity index (χ4v) is 0.874. The topological polar surface area (TPSA) is 40.1 Å². The quantitative estimate of drug-likeness (QED) is 0.625. The minimum absolute atomic E-state index is 0. The Balaban J connectivity index is 0. The third-order valence-electron chi connectivity index (χ3n) is 1.37. The number of allylic oxidation sites excluding steroid dienone is 4. The van der Waals surface area contributed by atoms with Gasteiger partial charge in [0, 0.05) is 5.97 Å². The van der Waals surface area contributed by atoms with Crippen LogP contribution < -0.4 is 5.11 Å². The van der Waals surface area contributed by atoms with Crippen molar-refractivity contribution in [2.75, 3.05) is 0 Å². The number of carbonyl (C=O) groups excluding carboxylic acids is 1. The van der Waals surface area contributed by atoms with Gasteiger partial charge in [0.2, 0.25) is 0 Å². The van der Waals surface area contributed by atoms with E-state index in [1.807, 2.05) is 0 Å². The minimum Gasteiger partial charge on any atom is -0.550 e. The van der Waals surface area contributed by atoms with Gasteiger partial charge >= 0.3 is 19.5 Å². The Morgan fingerprint density at radius 2 is 1.46 bits per heavy atom. The van der Waals surface area contributed by atoms with Gasteiger partial charge in [-0.25, -0.2) is 0 Å². The van der Waals surface area contributed by atoms with Crippen LogP contribution in [0.2, 0.25) is 0 Å². The molecule has 13 heavy (non-hydrogen) atoms. The van der Waals surface area contributed by atoms with Crippen molar-refractivity contribution in [1.29, 1.82) is 0 Å². The molecule has 2 nitrogen and oxygen atoms in total. The molecule has 0 bridgehead atoms. The van der Waals surface area contributed by atoms with Crippen LogP contribution in [-0.4, -0.2) is 5.97 Å².